The highest BCUT2D eigenvalue weighted by atomic mass is 32.2. The molecule has 0 aliphatic rings. The van der Waals surface area contributed by atoms with Gasteiger partial charge in [0.15, 0.2) is 6.10 Å². The highest BCUT2D eigenvalue weighted by Gasteiger charge is 2.19. The summed E-state index contributed by atoms with van der Waals surface area (Å²) in [5, 5.41) is 26.9. The fourth-order valence-electron chi connectivity index (χ4n) is 1.49. The Labute approximate surface area is 104 Å². The summed E-state index contributed by atoms with van der Waals surface area (Å²) in [7, 11) is 0. The lowest BCUT2D eigenvalue weighted by Crippen LogP contribution is -2.11. The molecule has 0 aromatic heterocycles. The molecular weight excluding hydrogens is 238 g/mol. The minimum Gasteiger partial charge on any atom is -0.479 e. The van der Waals surface area contributed by atoms with Crippen molar-refractivity contribution in [3.8, 4) is 6.07 Å². The summed E-state index contributed by atoms with van der Waals surface area (Å²) in [5.74, 6) is -1.27. The third-order valence-corrected chi connectivity index (χ3v) is 3.16. The molecule has 1 atom stereocenters. The van der Waals surface area contributed by atoms with Gasteiger partial charge in [0.2, 0.25) is 0 Å². The summed E-state index contributed by atoms with van der Waals surface area (Å²) in [6.07, 6.45) is 1.24. The molecule has 1 aromatic rings. The van der Waals surface area contributed by atoms with Gasteiger partial charge in [0, 0.05) is 16.9 Å². The van der Waals surface area contributed by atoms with E-state index in [0.29, 0.717) is 18.4 Å². The van der Waals surface area contributed by atoms with Gasteiger partial charge in [-0.15, -0.1) is 11.8 Å². The van der Waals surface area contributed by atoms with Crippen LogP contribution in [0.4, 0.5) is 0 Å². The Morgan fingerprint density at radius 1 is 1.59 bits per heavy atom. The number of carboxylic acids is 1. The molecule has 2 N–H and O–H groups in total. The normalized spacial score (nSPS) is 11.8. The molecule has 0 aliphatic carbocycles. The molecule has 0 heterocycles. The number of rotatable bonds is 5. The molecule has 0 spiro atoms. The summed E-state index contributed by atoms with van der Waals surface area (Å²) in [5.41, 5.74) is 1.25. The van der Waals surface area contributed by atoms with Gasteiger partial charge in [0.1, 0.15) is 0 Å². The quantitative estimate of drug-likeness (QED) is 0.782. The highest BCUT2D eigenvalue weighted by Crippen LogP contribution is 2.27. The first-order chi connectivity index (χ1) is 8.10. The van der Waals surface area contributed by atoms with Crippen LogP contribution >= 0.6 is 11.8 Å². The third kappa shape index (κ3) is 3.48. The van der Waals surface area contributed by atoms with Gasteiger partial charge >= 0.3 is 5.97 Å². The first-order valence-corrected chi connectivity index (χ1v) is 6.27. The van der Waals surface area contributed by atoms with Crippen molar-refractivity contribution < 1.29 is 15.0 Å². The van der Waals surface area contributed by atoms with Crippen molar-refractivity contribution in [2.24, 2.45) is 0 Å². The first-order valence-electron chi connectivity index (χ1n) is 5.04. The molecule has 0 fully saturated rings. The van der Waals surface area contributed by atoms with Crippen molar-refractivity contribution >= 4 is 17.7 Å². The van der Waals surface area contributed by atoms with E-state index in [1.807, 2.05) is 18.4 Å². The zero-order valence-corrected chi connectivity index (χ0v) is 10.2. The number of carbonyl (C=O) groups is 1. The van der Waals surface area contributed by atoms with E-state index >= 15 is 0 Å². The average Bonchev–Trinajstić information content (AvgIpc) is 2.34. The molecule has 0 aliphatic heterocycles. The van der Waals surface area contributed by atoms with Crippen LogP contribution in [0.3, 0.4) is 0 Å². The molecule has 4 nitrogen and oxygen atoms in total. The number of aliphatic hydroxyl groups excluding tert-OH is 1. The van der Waals surface area contributed by atoms with Crippen LogP contribution in [0.1, 0.15) is 23.7 Å². The lowest BCUT2D eigenvalue weighted by Gasteiger charge is -2.12. The number of nitrogens with zero attached hydrogens (tertiary/aromatic N) is 1. The number of aliphatic hydroxyl groups is 1. The maximum Gasteiger partial charge on any atom is 0.337 e. The average molecular weight is 251 g/mol. The number of carboxylic acid groups (broad SMARTS) is 1. The standard InChI is InChI=1S/C12H13NO3S/c1-17-10-5-4-8(3-2-6-13)7-9(10)11(14)12(15)16/h4-5,7,11,14H,2-3H2,1H3,(H,15,16). The third-order valence-electron chi connectivity index (χ3n) is 2.35. The number of hydrogen-bond donors (Lipinski definition) is 2. The SMILES string of the molecule is CSc1ccc(CCC#N)cc1C(O)C(=O)O. The molecule has 0 saturated heterocycles. The molecule has 5 heteroatoms. The number of nitriles is 1. The first kappa shape index (κ1) is 13.6. The number of aliphatic carboxylic acids is 1. The molecule has 1 rings (SSSR count). The van der Waals surface area contributed by atoms with Crippen LogP contribution in [0.2, 0.25) is 0 Å². The zero-order valence-electron chi connectivity index (χ0n) is 9.38. The van der Waals surface area contributed by atoms with Gasteiger partial charge in [-0.2, -0.15) is 5.26 Å². The Bertz CT molecular complexity index is 454. The van der Waals surface area contributed by atoms with Gasteiger partial charge in [0.25, 0.3) is 0 Å². The Morgan fingerprint density at radius 2 is 2.29 bits per heavy atom. The monoisotopic (exact) mass is 251 g/mol. The maximum atomic E-state index is 10.8. The highest BCUT2D eigenvalue weighted by molar-refractivity contribution is 7.98. The molecular formula is C12H13NO3S. The molecule has 0 amide bonds. The molecule has 0 radical (unpaired) electrons. The lowest BCUT2D eigenvalue weighted by atomic mass is 10.0. The van der Waals surface area contributed by atoms with Crippen LogP contribution in [-0.4, -0.2) is 22.4 Å². The predicted octanol–water partition coefficient (Wildman–Crippen LogP) is 1.98. The predicted molar refractivity (Wildman–Crippen MR) is 64.8 cm³/mol. The van der Waals surface area contributed by atoms with Crippen LogP contribution in [0, 0.1) is 11.3 Å². The van der Waals surface area contributed by atoms with Gasteiger partial charge < -0.3 is 10.2 Å². The minimum atomic E-state index is -1.51. The number of benzene rings is 1. The van der Waals surface area contributed by atoms with E-state index in [1.165, 1.54) is 11.8 Å². The van der Waals surface area contributed by atoms with Crippen LogP contribution < -0.4 is 0 Å². The van der Waals surface area contributed by atoms with Crippen molar-refractivity contribution in [3.63, 3.8) is 0 Å². The van der Waals surface area contributed by atoms with E-state index in [4.69, 9.17) is 10.4 Å². The second kappa shape index (κ2) is 6.28. The Kier molecular flexibility index (Phi) is 5.01. The van der Waals surface area contributed by atoms with Crippen LogP contribution in [0.15, 0.2) is 23.1 Å². The molecule has 90 valence electrons. The smallest absolute Gasteiger partial charge is 0.337 e. The van der Waals surface area contributed by atoms with Crippen LogP contribution in [0.25, 0.3) is 0 Å². The topological polar surface area (TPSA) is 81.3 Å². The van der Waals surface area contributed by atoms with Crippen LogP contribution in [-0.2, 0) is 11.2 Å². The van der Waals surface area contributed by atoms with E-state index in [-0.39, 0.29) is 0 Å². The number of thioether (sulfide) groups is 1. The van der Waals surface area contributed by atoms with Gasteiger partial charge in [-0.3, -0.25) is 0 Å². The van der Waals surface area contributed by atoms with Crippen molar-refractivity contribution in [1.29, 1.82) is 5.26 Å². The molecule has 17 heavy (non-hydrogen) atoms. The van der Waals surface area contributed by atoms with Gasteiger partial charge in [-0.1, -0.05) is 12.1 Å². The largest absolute Gasteiger partial charge is 0.479 e. The summed E-state index contributed by atoms with van der Waals surface area (Å²) in [4.78, 5) is 11.5. The zero-order chi connectivity index (χ0) is 12.8. The summed E-state index contributed by atoms with van der Waals surface area (Å²) < 4.78 is 0. The van der Waals surface area contributed by atoms with Gasteiger partial charge in [-0.05, 0) is 24.3 Å². The van der Waals surface area contributed by atoms with E-state index in [9.17, 15) is 9.90 Å². The molecule has 0 bridgehead atoms. The summed E-state index contributed by atoms with van der Waals surface area (Å²) >= 11 is 1.39. The Morgan fingerprint density at radius 3 is 2.82 bits per heavy atom. The second-order valence-corrected chi connectivity index (χ2v) is 4.32. The van der Waals surface area contributed by atoms with E-state index in [0.717, 1.165) is 10.5 Å². The van der Waals surface area contributed by atoms with E-state index in [2.05, 4.69) is 0 Å². The second-order valence-electron chi connectivity index (χ2n) is 3.48. The lowest BCUT2D eigenvalue weighted by molar-refractivity contribution is -0.147. The van der Waals surface area contributed by atoms with Crippen molar-refractivity contribution in [3.05, 3.63) is 29.3 Å². The van der Waals surface area contributed by atoms with Gasteiger partial charge in [0.05, 0.1) is 6.07 Å². The van der Waals surface area contributed by atoms with Crippen LogP contribution in [0.5, 0.6) is 0 Å². The summed E-state index contributed by atoms with van der Waals surface area (Å²) in [6, 6.07) is 7.31. The molecule has 1 aromatic carbocycles. The van der Waals surface area contributed by atoms with Crippen molar-refractivity contribution in [2.45, 2.75) is 23.8 Å². The minimum absolute atomic E-state index is 0.376. The van der Waals surface area contributed by atoms with E-state index in [1.54, 1.807) is 12.1 Å². The maximum absolute atomic E-state index is 10.8. The fraction of sp³-hybridized carbons (Fsp3) is 0.333. The summed E-state index contributed by atoms with van der Waals surface area (Å²) in [6.45, 7) is 0. The van der Waals surface area contributed by atoms with Crippen molar-refractivity contribution in [1.82, 2.24) is 0 Å². The fourth-order valence-corrected chi connectivity index (χ4v) is 2.10. The number of hydrogen-bond acceptors (Lipinski definition) is 4. The van der Waals surface area contributed by atoms with Crippen molar-refractivity contribution in [2.75, 3.05) is 6.26 Å². The Hall–Kier alpha value is -1.51. The van der Waals surface area contributed by atoms with Gasteiger partial charge in [-0.25, -0.2) is 4.79 Å². The molecule has 1 unspecified atom stereocenters. The number of aryl methyl sites for hydroxylation is 1. The van der Waals surface area contributed by atoms with E-state index < -0.39 is 12.1 Å². The Balaban J connectivity index is 3.06. The molecule has 0 saturated carbocycles.